The zero-order valence-corrected chi connectivity index (χ0v) is 16.6. The van der Waals surface area contributed by atoms with Crippen molar-refractivity contribution in [3.8, 4) is 5.75 Å². The lowest BCUT2D eigenvalue weighted by Gasteiger charge is -2.34. The molecule has 1 heterocycles. The van der Waals surface area contributed by atoms with Gasteiger partial charge < -0.3 is 15.6 Å². The number of hydrogen-bond donors (Lipinski definition) is 3. The summed E-state index contributed by atoms with van der Waals surface area (Å²) in [7, 11) is -6.07. The Kier molecular flexibility index (Phi) is 4.10. The molecule has 0 saturated heterocycles. The lowest BCUT2D eigenvalue weighted by molar-refractivity contribution is -0.167. The second-order valence-corrected chi connectivity index (χ2v) is 9.23. The molecule has 4 N–H and O–H groups in total. The van der Waals surface area contributed by atoms with Crippen LogP contribution in [-0.2, 0) is 21.3 Å². The number of ether oxygens (including phenoxy) is 1. The third kappa shape index (κ3) is 2.39. The van der Waals surface area contributed by atoms with Crippen LogP contribution in [0.15, 0.2) is 36.4 Å². The fourth-order valence-electron chi connectivity index (χ4n) is 3.97. The molecule has 160 valence electrons. The van der Waals surface area contributed by atoms with Gasteiger partial charge in [-0.15, -0.1) is 0 Å². The van der Waals surface area contributed by atoms with Crippen LogP contribution in [0, 0.1) is 0 Å². The first-order chi connectivity index (χ1) is 13.8. The van der Waals surface area contributed by atoms with Crippen molar-refractivity contribution in [3.63, 3.8) is 0 Å². The Bertz CT molecular complexity index is 1200. The van der Waals surface area contributed by atoms with Crippen molar-refractivity contribution >= 4 is 21.5 Å². The molecule has 0 bridgehead atoms. The van der Waals surface area contributed by atoms with Gasteiger partial charge in [-0.25, -0.2) is 8.42 Å². The number of anilines is 1. The van der Waals surface area contributed by atoms with Crippen LogP contribution in [-0.4, -0.2) is 24.8 Å². The summed E-state index contributed by atoms with van der Waals surface area (Å²) >= 11 is 0. The van der Waals surface area contributed by atoms with Gasteiger partial charge >= 0.3 is 15.5 Å². The fraction of sp³-hybridized carbons (Fsp3) is 0.316. The number of ketones is 1. The molecule has 7 nitrogen and oxygen atoms in total. The summed E-state index contributed by atoms with van der Waals surface area (Å²) in [6, 6.07) is 8.21. The fourth-order valence-corrected chi connectivity index (χ4v) is 4.83. The number of benzene rings is 2. The summed E-state index contributed by atoms with van der Waals surface area (Å²) in [4.78, 5) is 13.4. The van der Waals surface area contributed by atoms with E-state index in [0.717, 1.165) is 0 Å². The van der Waals surface area contributed by atoms with Gasteiger partial charge in [0.2, 0.25) is 0 Å². The summed E-state index contributed by atoms with van der Waals surface area (Å²) in [5.74, 6) is -4.00. The number of alkyl halides is 3. The molecule has 0 spiro atoms. The largest absolute Gasteiger partial charge is 0.511 e. The molecule has 4 rings (SSSR count). The van der Waals surface area contributed by atoms with Crippen molar-refractivity contribution < 1.29 is 36.2 Å². The highest BCUT2D eigenvalue weighted by atomic mass is 32.2. The molecule has 2 aromatic rings. The first kappa shape index (κ1) is 20.6. The Morgan fingerprint density at radius 3 is 2.43 bits per heavy atom. The molecule has 0 radical (unpaired) electrons. The van der Waals surface area contributed by atoms with E-state index >= 15 is 0 Å². The van der Waals surface area contributed by atoms with E-state index in [1.807, 2.05) is 13.8 Å². The Morgan fingerprint density at radius 2 is 1.83 bits per heavy atom. The molecule has 0 aromatic heterocycles. The molecule has 2 aliphatic rings. The zero-order valence-electron chi connectivity index (χ0n) is 15.7. The Labute approximate surface area is 169 Å². The molecular weight excluding hydrogens is 425 g/mol. The molecule has 2 aromatic carbocycles. The molecule has 2 atom stereocenters. The molecule has 30 heavy (non-hydrogen) atoms. The first-order valence-electron chi connectivity index (χ1n) is 8.86. The van der Waals surface area contributed by atoms with E-state index < -0.39 is 32.6 Å². The van der Waals surface area contributed by atoms with Crippen LogP contribution in [0.1, 0.15) is 46.8 Å². The van der Waals surface area contributed by atoms with Crippen molar-refractivity contribution in [2.75, 3.05) is 5.73 Å². The van der Waals surface area contributed by atoms with Gasteiger partial charge in [-0.1, -0.05) is 38.1 Å². The van der Waals surface area contributed by atoms with E-state index in [2.05, 4.69) is 0 Å². The van der Waals surface area contributed by atoms with E-state index in [1.165, 1.54) is 41.1 Å². The number of Topliss-reactive ketones (excluding diaryl/α,β-unsaturated/α-hetero) is 1. The maximum absolute atomic E-state index is 13.4. The number of hydrogen-bond acceptors (Lipinski definition) is 6. The van der Waals surface area contributed by atoms with Crippen LogP contribution in [0.25, 0.3) is 0 Å². The van der Waals surface area contributed by atoms with E-state index in [-0.39, 0.29) is 34.0 Å². The monoisotopic (exact) mass is 442 g/mol. The van der Waals surface area contributed by atoms with Gasteiger partial charge in [0.15, 0.2) is 11.3 Å². The number of aliphatic hydroxyl groups is 1. The Morgan fingerprint density at radius 1 is 1.17 bits per heavy atom. The number of nitrogens with one attached hydrogen (secondary N) is 1. The summed E-state index contributed by atoms with van der Waals surface area (Å²) < 4.78 is 70.9. The quantitative estimate of drug-likeness (QED) is 0.629. The second kappa shape index (κ2) is 5.96. The van der Waals surface area contributed by atoms with Gasteiger partial charge in [0.25, 0.3) is 5.79 Å². The van der Waals surface area contributed by atoms with E-state index in [4.69, 9.17) is 10.5 Å². The molecular formula is C19H17F3N2O5S. The van der Waals surface area contributed by atoms with Crippen molar-refractivity contribution in [1.29, 1.82) is 0 Å². The lowest BCUT2D eigenvalue weighted by atomic mass is 9.83. The van der Waals surface area contributed by atoms with Crippen LogP contribution in [0.2, 0.25) is 0 Å². The number of carbonyl (C=O) groups is 1. The van der Waals surface area contributed by atoms with Crippen LogP contribution >= 0.6 is 0 Å². The Hall–Kier alpha value is -2.63. The second-order valence-electron chi connectivity index (χ2n) is 7.56. The standard InChI is InChI=1S/C19H17F3N2O5S/c1-9(2)10-6-7-11-14(8-10)29-18(26)12-4-3-5-13(23)15(12)16(25)17(11,18)24-30(27,28)19(20,21)22/h3-9,24,26H,23H2,1-2H3/t17-,18?/m1/s1. The molecule has 0 fully saturated rings. The van der Waals surface area contributed by atoms with Gasteiger partial charge in [0.05, 0.1) is 5.56 Å². The van der Waals surface area contributed by atoms with Crippen LogP contribution in [0.3, 0.4) is 0 Å². The zero-order chi connectivity index (χ0) is 22.3. The third-order valence-electron chi connectivity index (χ3n) is 5.46. The van der Waals surface area contributed by atoms with Crippen molar-refractivity contribution in [2.24, 2.45) is 0 Å². The molecule has 1 aliphatic carbocycles. The summed E-state index contributed by atoms with van der Waals surface area (Å²) in [5, 5.41) is 11.4. The van der Waals surface area contributed by atoms with E-state index in [0.29, 0.717) is 5.56 Å². The van der Waals surface area contributed by atoms with E-state index in [9.17, 15) is 31.5 Å². The predicted molar refractivity (Wildman–Crippen MR) is 100 cm³/mol. The Balaban J connectivity index is 2.04. The predicted octanol–water partition coefficient (Wildman–Crippen LogP) is 2.46. The first-order valence-corrected chi connectivity index (χ1v) is 10.3. The smallest absolute Gasteiger partial charge is 0.455 e. The summed E-state index contributed by atoms with van der Waals surface area (Å²) in [6.07, 6.45) is 0. The normalized spacial score (nSPS) is 25.1. The maximum atomic E-state index is 13.4. The number of nitrogen functional groups attached to an aromatic ring is 1. The van der Waals surface area contributed by atoms with E-state index in [1.54, 1.807) is 0 Å². The average molecular weight is 442 g/mol. The highest BCUT2D eigenvalue weighted by molar-refractivity contribution is 7.90. The molecule has 0 saturated carbocycles. The highest BCUT2D eigenvalue weighted by Crippen LogP contribution is 2.59. The minimum Gasteiger partial charge on any atom is -0.455 e. The molecule has 1 aliphatic heterocycles. The molecule has 1 unspecified atom stereocenters. The average Bonchev–Trinajstić information content (AvgIpc) is 2.98. The molecule has 11 heteroatoms. The topological polar surface area (TPSA) is 119 Å². The van der Waals surface area contributed by atoms with Crippen LogP contribution in [0.4, 0.5) is 18.9 Å². The summed E-state index contributed by atoms with van der Waals surface area (Å²) in [5.41, 5.74) is -2.86. The lowest BCUT2D eigenvalue weighted by Crippen LogP contribution is -2.61. The number of carbonyl (C=O) groups excluding carboxylic acids is 1. The SMILES string of the molecule is CC(C)c1ccc2c(c1)OC1(O)c3cccc(N)c3C(=O)[C@]21NS(=O)(=O)C(F)(F)F. The van der Waals surface area contributed by atoms with Gasteiger partial charge in [-0.05, 0) is 23.6 Å². The van der Waals surface area contributed by atoms with Crippen LogP contribution < -0.4 is 15.2 Å². The number of rotatable bonds is 3. The van der Waals surface area contributed by atoms with Gasteiger partial charge in [-0.2, -0.15) is 17.9 Å². The number of fused-ring (bicyclic) bond motifs is 5. The number of nitrogens with two attached hydrogens (primary N) is 1. The van der Waals surface area contributed by atoms with Gasteiger partial charge in [-0.3, -0.25) is 4.79 Å². The number of sulfonamides is 1. The van der Waals surface area contributed by atoms with Crippen molar-refractivity contribution in [3.05, 3.63) is 58.7 Å². The van der Waals surface area contributed by atoms with Crippen molar-refractivity contribution in [1.82, 2.24) is 4.72 Å². The van der Waals surface area contributed by atoms with Crippen LogP contribution in [0.5, 0.6) is 5.75 Å². The van der Waals surface area contributed by atoms with Gasteiger partial charge in [0.1, 0.15) is 5.75 Å². The number of halogens is 3. The molecule has 0 amide bonds. The maximum Gasteiger partial charge on any atom is 0.511 e. The third-order valence-corrected chi connectivity index (χ3v) is 6.65. The van der Waals surface area contributed by atoms with Crippen molar-refractivity contribution in [2.45, 2.75) is 36.6 Å². The highest BCUT2D eigenvalue weighted by Gasteiger charge is 2.74. The minimum atomic E-state index is -6.07. The van der Waals surface area contributed by atoms with Gasteiger partial charge in [0, 0.05) is 16.8 Å². The summed E-state index contributed by atoms with van der Waals surface area (Å²) in [6.45, 7) is 3.71. The minimum absolute atomic E-state index is 0.00423.